The Balaban J connectivity index is 1.24. The number of likely N-dealkylation sites (tertiary alicyclic amines) is 1. The van der Waals surface area contributed by atoms with Crippen LogP contribution in [0.4, 0.5) is 10.6 Å². The molecule has 0 atom stereocenters. The molecule has 3 heterocycles. The smallest absolute Gasteiger partial charge is 0.341 e. The molecule has 0 aliphatic carbocycles. The van der Waals surface area contributed by atoms with Crippen LogP contribution in [0.2, 0.25) is 0 Å². The second kappa shape index (κ2) is 16.9. The number of rotatable bonds is 17. The number of fused-ring (bicyclic) bond motifs is 3. The number of nitrogens with two attached hydrogens (primary N) is 1. The van der Waals surface area contributed by atoms with E-state index in [4.69, 9.17) is 30.0 Å². The molecule has 252 valence electrons. The molecule has 0 saturated carbocycles. The van der Waals surface area contributed by atoms with E-state index in [1.165, 1.54) is 19.3 Å². The molecule has 1 aliphatic heterocycles. The number of ether oxygens (including phenoxy) is 3. The van der Waals surface area contributed by atoms with Crippen molar-refractivity contribution in [3.05, 3.63) is 59.9 Å². The summed E-state index contributed by atoms with van der Waals surface area (Å²) in [6.07, 6.45) is 4.26. The molecule has 0 unspecified atom stereocenters. The minimum atomic E-state index is -1.05. The third-order valence-corrected chi connectivity index (χ3v) is 8.26. The number of para-hydroxylation sites is 1. The summed E-state index contributed by atoms with van der Waals surface area (Å²) in [7, 11) is 1.66. The van der Waals surface area contributed by atoms with E-state index >= 15 is 0 Å². The van der Waals surface area contributed by atoms with Crippen LogP contribution in [0.3, 0.4) is 0 Å². The minimum absolute atomic E-state index is 0.181. The predicted octanol–water partition coefficient (Wildman–Crippen LogP) is 3.53. The SMILES string of the molecule is COCCc1nc2c(N)nc3ccccc3c2n1CCOCCN(Cc1cccc(OCC(=O)O)c1)C(=O)NCCN1CCCCC1. The van der Waals surface area contributed by atoms with Crippen molar-refractivity contribution in [1.82, 2.24) is 29.7 Å². The van der Waals surface area contributed by atoms with Gasteiger partial charge < -0.3 is 44.7 Å². The summed E-state index contributed by atoms with van der Waals surface area (Å²) < 4.78 is 18.9. The van der Waals surface area contributed by atoms with E-state index in [1.807, 2.05) is 30.3 Å². The number of aromatic nitrogens is 3. The van der Waals surface area contributed by atoms with Gasteiger partial charge in [-0.15, -0.1) is 0 Å². The molecule has 1 aliphatic rings. The zero-order valence-corrected chi connectivity index (χ0v) is 27.0. The second-order valence-corrected chi connectivity index (χ2v) is 11.6. The van der Waals surface area contributed by atoms with Crippen molar-refractivity contribution in [2.75, 3.05) is 72.0 Å². The van der Waals surface area contributed by atoms with E-state index in [0.717, 1.165) is 47.4 Å². The number of hydrogen-bond acceptors (Lipinski definition) is 9. The monoisotopic (exact) mass is 647 g/mol. The number of hydrogen-bond donors (Lipinski definition) is 3. The first-order valence-corrected chi connectivity index (χ1v) is 16.2. The number of methoxy groups -OCH3 is 1. The van der Waals surface area contributed by atoms with Crippen LogP contribution in [0.25, 0.3) is 21.9 Å². The van der Waals surface area contributed by atoms with Crippen LogP contribution < -0.4 is 15.8 Å². The summed E-state index contributed by atoms with van der Waals surface area (Å²) in [6, 6.07) is 14.8. The van der Waals surface area contributed by atoms with Gasteiger partial charge in [-0.3, -0.25) is 0 Å². The number of anilines is 1. The van der Waals surface area contributed by atoms with Crippen LogP contribution in [-0.2, 0) is 33.8 Å². The number of urea groups is 1. The molecule has 13 nitrogen and oxygen atoms in total. The molecule has 0 bridgehead atoms. The van der Waals surface area contributed by atoms with Gasteiger partial charge in [0.1, 0.15) is 17.1 Å². The molecule has 0 radical (unpaired) electrons. The second-order valence-electron chi connectivity index (χ2n) is 11.6. The van der Waals surface area contributed by atoms with Gasteiger partial charge in [-0.2, -0.15) is 0 Å². The van der Waals surface area contributed by atoms with E-state index in [0.29, 0.717) is 69.5 Å². The van der Waals surface area contributed by atoms with E-state index < -0.39 is 12.6 Å². The number of carbonyl (C=O) groups excluding carboxylic acids is 1. The maximum atomic E-state index is 13.4. The summed E-state index contributed by atoms with van der Waals surface area (Å²) in [5.74, 6) is 0.614. The number of pyridine rings is 1. The van der Waals surface area contributed by atoms with E-state index in [9.17, 15) is 9.59 Å². The molecule has 0 spiro atoms. The number of nitrogen functional groups attached to an aromatic ring is 1. The highest BCUT2D eigenvalue weighted by Crippen LogP contribution is 2.29. The van der Waals surface area contributed by atoms with Crippen molar-refractivity contribution in [3.63, 3.8) is 0 Å². The van der Waals surface area contributed by atoms with E-state index in [2.05, 4.69) is 19.8 Å². The fourth-order valence-electron chi connectivity index (χ4n) is 5.93. The fraction of sp³-hybridized carbons (Fsp3) is 0.471. The summed E-state index contributed by atoms with van der Waals surface area (Å²) >= 11 is 0. The average molecular weight is 648 g/mol. The van der Waals surface area contributed by atoms with Crippen LogP contribution in [0.5, 0.6) is 5.75 Å². The van der Waals surface area contributed by atoms with Gasteiger partial charge in [0.05, 0.1) is 30.9 Å². The maximum Gasteiger partial charge on any atom is 0.341 e. The summed E-state index contributed by atoms with van der Waals surface area (Å²) in [6.45, 7) is 5.50. The topological polar surface area (TPSA) is 157 Å². The van der Waals surface area contributed by atoms with Crippen LogP contribution in [0, 0.1) is 0 Å². The first-order chi connectivity index (χ1) is 22.9. The maximum absolute atomic E-state index is 13.4. The normalized spacial score (nSPS) is 13.6. The summed E-state index contributed by atoms with van der Waals surface area (Å²) in [5.41, 5.74) is 9.53. The van der Waals surface area contributed by atoms with Crippen LogP contribution >= 0.6 is 0 Å². The van der Waals surface area contributed by atoms with Crippen LogP contribution in [0.1, 0.15) is 30.7 Å². The van der Waals surface area contributed by atoms with Crippen LogP contribution in [-0.4, -0.2) is 108 Å². The number of piperidine rings is 1. The molecule has 2 aromatic heterocycles. The molecule has 1 fully saturated rings. The van der Waals surface area contributed by atoms with Crippen molar-refractivity contribution < 1.29 is 28.9 Å². The number of aliphatic carboxylic acids is 1. The number of carboxylic acid groups (broad SMARTS) is 1. The number of nitrogens with one attached hydrogen (secondary N) is 1. The van der Waals surface area contributed by atoms with Gasteiger partial charge in [0, 0.05) is 51.6 Å². The van der Waals surface area contributed by atoms with Crippen molar-refractivity contribution in [2.24, 2.45) is 0 Å². The molecule has 4 N–H and O–H groups in total. The van der Waals surface area contributed by atoms with Gasteiger partial charge in [-0.05, 0) is 49.7 Å². The fourth-order valence-corrected chi connectivity index (χ4v) is 5.93. The van der Waals surface area contributed by atoms with E-state index in [-0.39, 0.29) is 6.03 Å². The standard InChI is InChI=1S/C34H45N7O6/c1-45-19-12-29-38-31-32(27-10-3-4-11-28(27)37-33(31)35)41(29)18-21-46-20-17-40(34(44)36-13-16-39-14-5-2-6-15-39)23-25-8-7-9-26(22-25)47-24-30(42)43/h3-4,7-11,22H,2,5-6,12-21,23-24H2,1H3,(H2,35,37)(H,36,44)(H,42,43). The van der Waals surface area contributed by atoms with Gasteiger partial charge in [-0.1, -0.05) is 36.8 Å². The Morgan fingerprint density at radius 2 is 1.85 bits per heavy atom. The number of imidazole rings is 1. The molecule has 1 saturated heterocycles. The molecule has 47 heavy (non-hydrogen) atoms. The first-order valence-electron chi connectivity index (χ1n) is 16.2. The Morgan fingerprint density at radius 1 is 1.02 bits per heavy atom. The van der Waals surface area contributed by atoms with Crippen molar-refractivity contribution in [3.8, 4) is 5.75 Å². The Bertz CT molecular complexity index is 1640. The number of benzene rings is 2. The number of amides is 2. The highest BCUT2D eigenvalue weighted by Gasteiger charge is 2.19. The Hall–Kier alpha value is -4.46. The van der Waals surface area contributed by atoms with Crippen LogP contribution in [0.15, 0.2) is 48.5 Å². The first kappa shape index (κ1) is 33.9. The van der Waals surface area contributed by atoms with Gasteiger partial charge >= 0.3 is 12.0 Å². The summed E-state index contributed by atoms with van der Waals surface area (Å²) in [5, 5.41) is 13.0. The highest BCUT2D eigenvalue weighted by atomic mass is 16.5. The molecule has 5 rings (SSSR count). The molecule has 4 aromatic rings. The largest absolute Gasteiger partial charge is 0.482 e. The lowest BCUT2D eigenvalue weighted by Gasteiger charge is -2.28. The molecule has 2 amide bonds. The third-order valence-electron chi connectivity index (χ3n) is 8.26. The number of carbonyl (C=O) groups is 2. The zero-order chi connectivity index (χ0) is 33.0. The molecular formula is C34H45N7O6. The zero-order valence-electron chi connectivity index (χ0n) is 27.0. The average Bonchev–Trinajstić information content (AvgIpc) is 3.45. The lowest BCUT2D eigenvalue weighted by Crippen LogP contribution is -2.44. The third kappa shape index (κ3) is 9.31. The van der Waals surface area contributed by atoms with Crippen molar-refractivity contribution in [2.45, 2.75) is 38.8 Å². The Morgan fingerprint density at radius 3 is 2.66 bits per heavy atom. The Labute approximate surface area is 274 Å². The van der Waals surface area contributed by atoms with E-state index in [1.54, 1.807) is 30.2 Å². The Kier molecular flexibility index (Phi) is 12.2. The number of nitrogens with zero attached hydrogens (tertiary/aromatic N) is 5. The van der Waals surface area contributed by atoms with Crippen molar-refractivity contribution >= 4 is 39.8 Å². The highest BCUT2D eigenvalue weighted by molar-refractivity contribution is 6.06. The molecular weight excluding hydrogens is 602 g/mol. The predicted molar refractivity (Wildman–Crippen MR) is 180 cm³/mol. The molecule has 2 aromatic carbocycles. The van der Waals surface area contributed by atoms with Gasteiger partial charge in [0.2, 0.25) is 0 Å². The van der Waals surface area contributed by atoms with Gasteiger partial charge in [0.15, 0.2) is 12.4 Å². The minimum Gasteiger partial charge on any atom is -0.482 e. The lowest BCUT2D eigenvalue weighted by atomic mass is 10.1. The lowest BCUT2D eigenvalue weighted by molar-refractivity contribution is -0.139. The van der Waals surface area contributed by atoms with Gasteiger partial charge in [0.25, 0.3) is 0 Å². The van der Waals surface area contributed by atoms with Gasteiger partial charge in [-0.25, -0.2) is 19.6 Å². The van der Waals surface area contributed by atoms with Crippen molar-refractivity contribution in [1.29, 1.82) is 0 Å². The summed E-state index contributed by atoms with van der Waals surface area (Å²) in [4.78, 5) is 37.8. The number of carboxylic acids is 1. The quantitative estimate of drug-likeness (QED) is 0.145. The molecule has 13 heteroatoms.